The smallest absolute Gasteiger partial charge is 0.184 e. The number of rotatable bonds is 3. The molecule has 1 aliphatic rings. The molecule has 70 valence electrons. The van der Waals surface area contributed by atoms with Crippen LogP contribution in [0.1, 0.15) is 24.8 Å². The van der Waals surface area contributed by atoms with Crippen LogP contribution in [0, 0.1) is 12.8 Å². The summed E-state index contributed by atoms with van der Waals surface area (Å²) in [6.07, 6.45) is 7.91. The second-order valence-electron chi connectivity index (χ2n) is 3.96. The maximum absolute atomic E-state index is 11.1. The number of pyridine rings is 1. The van der Waals surface area contributed by atoms with Gasteiger partial charge in [-0.15, -0.1) is 0 Å². The van der Waals surface area contributed by atoms with Crippen LogP contribution < -0.4 is 5.43 Å². The summed E-state index contributed by atoms with van der Waals surface area (Å²) in [5, 5.41) is 0. The first kappa shape index (κ1) is 8.54. The Morgan fingerprint density at radius 3 is 2.92 bits per heavy atom. The SMILES string of the molecule is Cc1cn(CCC2CC2)ccc1=O. The van der Waals surface area contributed by atoms with E-state index in [4.69, 9.17) is 0 Å². The topological polar surface area (TPSA) is 22.0 Å². The summed E-state index contributed by atoms with van der Waals surface area (Å²) in [5.41, 5.74) is 0.987. The van der Waals surface area contributed by atoms with Crippen LogP contribution in [0.2, 0.25) is 0 Å². The lowest BCUT2D eigenvalue weighted by atomic mass is 10.2. The van der Waals surface area contributed by atoms with E-state index in [9.17, 15) is 4.79 Å². The lowest BCUT2D eigenvalue weighted by Gasteiger charge is -2.05. The van der Waals surface area contributed by atoms with Gasteiger partial charge in [0, 0.05) is 30.6 Å². The van der Waals surface area contributed by atoms with Crippen LogP contribution in [-0.2, 0) is 6.54 Å². The highest BCUT2D eigenvalue weighted by Crippen LogP contribution is 2.32. The van der Waals surface area contributed by atoms with Gasteiger partial charge in [0.2, 0.25) is 0 Å². The van der Waals surface area contributed by atoms with E-state index >= 15 is 0 Å². The van der Waals surface area contributed by atoms with E-state index in [1.165, 1.54) is 19.3 Å². The second-order valence-corrected chi connectivity index (χ2v) is 3.96. The summed E-state index contributed by atoms with van der Waals surface area (Å²) in [7, 11) is 0. The van der Waals surface area contributed by atoms with Crippen molar-refractivity contribution >= 4 is 0 Å². The first-order chi connectivity index (χ1) is 6.25. The highest BCUT2D eigenvalue weighted by Gasteiger charge is 2.20. The van der Waals surface area contributed by atoms with E-state index in [1.807, 2.05) is 19.3 Å². The Balaban J connectivity index is 2.02. The van der Waals surface area contributed by atoms with Crippen molar-refractivity contribution in [2.75, 3.05) is 0 Å². The minimum Gasteiger partial charge on any atom is -0.354 e. The highest BCUT2D eigenvalue weighted by atomic mass is 16.1. The van der Waals surface area contributed by atoms with Gasteiger partial charge in [-0.05, 0) is 19.3 Å². The van der Waals surface area contributed by atoms with Crippen molar-refractivity contribution in [2.24, 2.45) is 5.92 Å². The Morgan fingerprint density at radius 1 is 1.54 bits per heavy atom. The standard InChI is InChI=1S/C11H15NO/c1-9-8-12(7-5-11(9)13)6-4-10-2-3-10/h5,7-8,10H,2-4,6H2,1H3. The van der Waals surface area contributed by atoms with E-state index in [0.29, 0.717) is 0 Å². The van der Waals surface area contributed by atoms with Crippen LogP contribution in [0.5, 0.6) is 0 Å². The molecule has 1 heterocycles. The summed E-state index contributed by atoms with van der Waals surface area (Å²) in [6.45, 7) is 2.93. The Kier molecular flexibility index (Phi) is 2.21. The first-order valence-electron chi connectivity index (χ1n) is 4.92. The summed E-state index contributed by atoms with van der Waals surface area (Å²) >= 11 is 0. The van der Waals surface area contributed by atoms with Gasteiger partial charge in [-0.1, -0.05) is 12.8 Å². The fourth-order valence-corrected chi connectivity index (χ4v) is 1.53. The van der Waals surface area contributed by atoms with Gasteiger partial charge >= 0.3 is 0 Å². The second kappa shape index (κ2) is 3.36. The van der Waals surface area contributed by atoms with Crippen molar-refractivity contribution in [3.05, 3.63) is 34.2 Å². The number of hydrogen-bond acceptors (Lipinski definition) is 1. The van der Waals surface area contributed by atoms with Crippen molar-refractivity contribution in [3.8, 4) is 0 Å². The van der Waals surface area contributed by atoms with Gasteiger partial charge in [0.25, 0.3) is 0 Å². The first-order valence-corrected chi connectivity index (χ1v) is 4.92. The van der Waals surface area contributed by atoms with E-state index in [-0.39, 0.29) is 5.43 Å². The van der Waals surface area contributed by atoms with Gasteiger partial charge < -0.3 is 4.57 Å². The summed E-state index contributed by atoms with van der Waals surface area (Å²) in [4.78, 5) is 11.1. The van der Waals surface area contributed by atoms with Crippen LogP contribution in [-0.4, -0.2) is 4.57 Å². The molecule has 0 N–H and O–H groups in total. The van der Waals surface area contributed by atoms with Gasteiger partial charge in [-0.25, -0.2) is 0 Å². The van der Waals surface area contributed by atoms with Crippen LogP contribution in [0.25, 0.3) is 0 Å². The average molecular weight is 177 g/mol. The van der Waals surface area contributed by atoms with Crippen LogP contribution in [0.15, 0.2) is 23.3 Å². The molecule has 0 saturated heterocycles. The lowest BCUT2D eigenvalue weighted by molar-refractivity contribution is 0.592. The average Bonchev–Trinajstić information content (AvgIpc) is 2.91. The van der Waals surface area contributed by atoms with Crippen LogP contribution in [0.3, 0.4) is 0 Å². The van der Waals surface area contributed by atoms with Gasteiger partial charge in [-0.2, -0.15) is 0 Å². The Hall–Kier alpha value is -1.05. The number of aryl methyl sites for hydroxylation is 2. The third-order valence-corrected chi connectivity index (χ3v) is 2.66. The summed E-state index contributed by atoms with van der Waals surface area (Å²) in [5.74, 6) is 0.958. The molecule has 1 aromatic heterocycles. The molecule has 0 aromatic carbocycles. The molecule has 0 spiro atoms. The van der Waals surface area contributed by atoms with E-state index in [2.05, 4.69) is 4.57 Å². The zero-order valence-electron chi connectivity index (χ0n) is 7.99. The Labute approximate surface area is 78.2 Å². The third-order valence-electron chi connectivity index (χ3n) is 2.66. The molecule has 0 atom stereocenters. The molecule has 13 heavy (non-hydrogen) atoms. The molecular formula is C11H15NO. The highest BCUT2D eigenvalue weighted by molar-refractivity contribution is 5.07. The Morgan fingerprint density at radius 2 is 2.31 bits per heavy atom. The van der Waals surface area contributed by atoms with Crippen molar-refractivity contribution < 1.29 is 0 Å². The number of nitrogens with zero attached hydrogens (tertiary/aromatic N) is 1. The fourth-order valence-electron chi connectivity index (χ4n) is 1.53. The molecular weight excluding hydrogens is 162 g/mol. The minimum absolute atomic E-state index is 0.141. The molecule has 0 unspecified atom stereocenters. The van der Waals surface area contributed by atoms with E-state index in [0.717, 1.165) is 18.0 Å². The van der Waals surface area contributed by atoms with E-state index in [1.54, 1.807) is 6.07 Å². The molecule has 2 nitrogen and oxygen atoms in total. The predicted octanol–water partition coefficient (Wildman–Crippen LogP) is 1.96. The molecule has 0 amide bonds. The monoisotopic (exact) mass is 177 g/mol. The van der Waals surface area contributed by atoms with Gasteiger partial charge in [0.05, 0.1) is 0 Å². The molecule has 1 fully saturated rings. The third kappa shape index (κ3) is 2.20. The normalized spacial score (nSPS) is 16.1. The van der Waals surface area contributed by atoms with Crippen LogP contribution in [0.4, 0.5) is 0 Å². The quantitative estimate of drug-likeness (QED) is 0.691. The van der Waals surface area contributed by atoms with Crippen molar-refractivity contribution in [2.45, 2.75) is 32.7 Å². The molecule has 1 saturated carbocycles. The zero-order valence-corrected chi connectivity index (χ0v) is 7.99. The Bertz CT molecular complexity index is 349. The van der Waals surface area contributed by atoms with Crippen molar-refractivity contribution in [1.82, 2.24) is 4.57 Å². The number of aromatic nitrogens is 1. The van der Waals surface area contributed by atoms with Crippen molar-refractivity contribution in [1.29, 1.82) is 0 Å². The largest absolute Gasteiger partial charge is 0.354 e. The summed E-state index contributed by atoms with van der Waals surface area (Å²) < 4.78 is 2.12. The lowest BCUT2D eigenvalue weighted by Crippen LogP contribution is -2.08. The fraction of sp³-hybridized carbons (Fsp3) is 0.545. The predicted molar refractivity (Wildman–Crippen MR) is 52.8 cm³/mol. The van der Waals surface area contributed by atoms with E-state index < -0.39 is 0 Å². The van der Waals surface area contributed by atoms with Gasteiger partial charge in [-0.3, -0.25) is 4.79 Å². The zero-order chi connectivity index (χ0) is 9.26. The minimum atomic E-state index is 0.141. The molecule has 0 radical (unpaired) electrons. The maximum Gasteiger partial charge on any atom is 0.184 e. The molecule has 0 bridgehead atoms. The van der Waals surface area contributed by atoms with Gasteiger partial charge in [0.15, 0.2) is 5.43 Å². The number of hydrogen-bond donors (Lipinski definition) is 0. The summed E-state index contributed by atoms with van der Waals surface area (Å²) in [6, 6.07) is 1.65. The molecule has 1 aromatic rings. The van der Waals surface area contributed by atoms with Gasteiger partial charge in [0.1, 0.15) is 0 Å². The molecule has 2 heteroatoms. The molecule has 2 rings (SSSR count). The van der Waals surface area contributed by atoms with Crippen molar-refractivity contribution in [3.63, 3.8) is 0 Å². The van der Waals surface area contributed by atoms with Crippen LogP contribution >= 0.6 is 0 Å². The molecule has 0 aliphatic heterocycles. The maximum atomic E-state index is 11.1. The molecule has 1 aliphatic carbocycles.